The van der Waals surface area contributed by atoms with Crippen molar-refractivity contribution in [3.8, 4) is 11.5 Å². The number of benzene rings is 3. The SMILES string of the molecule is CCOc1cc(C=Nn2c(=O)[nH]c3ccccc3c2=O)ccc1OCC(=O)Nc1ccccc1. The first-order chi connectivity index (χ1) is 16.5. The van der Waals surface area contributed by atoms with E-state index in [1.807, 2.05) is 25.1 Å². The zero-order valence-electron chi connectivity index (χ0n) is 18.4. The third kappa shape index (κ3) is 5.21. The van der Waals surface area contributed by atoms with Crippen molar-refractivity contribution in [3.63, 3.8) is 0 Å². The number of carbonyl (C=O) groups excluding carboxylic acids is 1. The fourth-order valence-electron chi connectivity index (χ4n) is 3.24. The maximum Gasteiger partial charge on any atom is 0.349 e. The predicted octanol–water partition coefficient (Wildman–Crippen LogP) is 2.99. The number of hydrogen-bond acceptors (Lipinski definition) is 6. The number of para-hydroxylation sites is 2. The quantitative estimate of drug-likeness (QED) is 0.394. The summed E-state index contributed by atoms with van der Waals surface area (Å²) < 4.78 is 12.0. The monoisotopic (exact) mass is 458 g/mol. The molecule has 0 bridgehead atoms. The van der Waals surface area contributed by atoms with E-state index in [4.69, 9.17) is 9.47 Å². The van der Waals surface area contributed by atoms with Gasteiger partial charge in [-0.25, -0.2) is 4.79 Å². The minimum atomic E-state index is -0.644. The molecule has 0 aliphatic rings. The van der Waals surface area contributed by atoms with Crippen LogP contribution in [-0.4, -0.2) is 35.0 Å². The second-order valence-corrected chi connectivity index (χ2v) is 7.18. The molecule has 9 nitrogen and oxygen atoms in total. The topological polar surface area (TPSA) is 115 Å². The van der Waals surface area contributed by atoms with Crippen molar-refractivity contribution in [2.75, 3.05) is 18.5 Å². The number of amides is 1. The first-order valence-electron chi connectivity index (χ1n) is 10.6. The molecule has 4 aromatic rings. The Hall–Kier alpha value is -4.66. The van der Waals surface area contributed by atoms with Crippen molar-refractivity contribution >= 4 is 28.7 Å². The molecule has 0 saturated heterocycles. The molecule has 0 radical (unpaired) electrons. The van der Waals surface area contributed by atoms with Crippen molar-refractivity contribution in [1.29, 1.82) is 0 Å². The van der Waals surface area contributed by atoms with Crippen LogP contribution in [0.4, 0.5) is 5.69 Å². The number of nitrogens with one attached hydrogen (secondary N) is 2. The highest BCUT2D eigenvalue weighted by Gasteiger charge is 2.10. The van der Waals surface area contributed by atoms with Crippen LogP contribution in [0.15, 0.2) is 87.5 Å². The van der Waals surface area contributed by atoms with Crippen LogP contribution in [0.2, 0.25) is 0 Å². The number of aromatic amines is 1. The van der Waals surface area contributed by atoms with Crippen LogP contribution in [0.1, 0.15) is 12.5 Å². The van der Waals surface area contributed by atoms with Crippen LogP contribution in [0.5, 0.6) is 11.5 Å². The van der Waals surface area contributed by atoms with Gasteiger partial charge < -0.3 is 19.8 Å². The largest absolute Gasteiger partial charge is 0.490 e. The fourth-order valence-corrected chi connectivity index (χ4v) is 3.24. The van der Waals surface area contributed by atoms with Crippen molar-refractivity contribution < 1.29 is 14.3 Å². The molecule has 2 N–H and O–H groups in total. The Kier molecular flexibility index (Phi) is 6.83. The number of nitrogens with zero attached hydrogens (tertiary/aromatic N) is 2. The van der Waals surface area contributed by atoms with Gasteiger partial charge in [0.25, 0.3) is 11.5 Å². The van der Waals surface area contributed by atoms with Gasteiger partial charge in [-0.2, -0.15) is 5.10 Å². The molecule has 0 unspecified atom stereocenters. The van der Waals surface area contributed by atoms with E-state index in [0.29, 0.717) is 40.3 Å². The van der Waals surface area contributed by atoms with Gasteiger partial charge in [0.05, 0.1) is 23.7 Å². The molecule has 4 rings (SSSR count). The van der Waals surface area contributed by atoms with Gasteiger partial charge in [-0.15, -0.1) is 4.68 Å². The van der Waals surface area contributed by atoms with Gasteiger partial charge >= 0.3 is 5.69 Å². The van der Waals surface area contributed by atoms with E-state index in [2.05, 4.69) is 15.4 Å². The lowest BCUT2D eigenvalue weighted by molar-refractivity contribution is -0.118. The summed E-state index contributed by atoms with van der Waals surface area (Å²) in [6.45, 7) is 1.99. The molecule has 1 heterocycles. The molecule has 1 amide bonds. The number of anilines is 1. The molecular weight excluding hydrogens is 436 g/mol. The predicted molar refractivity (Wildman–Crippen MR) is 130 cm³/mol. The van der Waals surface area contributed by atoms with Crippen LogP contribution in [0, 0.1) is 0 Å². The minimum Gasteiger partial charge on any atom is -0.490 e. The molecule has 0 spiro atoms. The van der Waals surface area contributed by atoms with Gasteiger partial charge in [0.15, 0.2) is 18.1 Å². The van der Waals surface area contributed by atoms with Crippen molar-refractivity contribution in [2.45, 2.75) is 6.92 Å². The van der Waals surface area contributed by atoms with E-state index >= 15 is 0 Å². The normalized spacial score (nSPS) is 11.0. The molecule has 1 aromatic heterocycles. The Balaban J connectivity index is 1.52. The molecule has 34 heavy (non-hydrogen) atoms. The number of rotatable bonds is 8. The summed E-state index contributed by atoms with van der Waals surface area (Å²) in [4.78, 5) is 39.7. The molecule has 0 saturated carbocycles. The van der Waals surface area contributed by atoms with Crippen LogP contribution < -0.4 is 26.0 Å². The van der Waals surface area contributed by atoms with E-state index in [-0.39, 0.29) is 12.5 Å². The summed E-state index contributed by atoms with van der Waals surface area (Å²) in [7, 11) is 0. The lowest BCUT2D eigenvalue weighted by Crippen LogP contribution is -2.32. The van der Waals surface area contributed by atoms with E-state index in [1.165, 1.54) is 6.21 Å². The number of fused-ring (bicyclic) bond motifs is 1. The highest BCUT2D eigenvalue weighted by molar-refractivity contribution is 5.91. The fraction of sp³-hybridized carbons (Fsp3) is 0.120. The minimum absolute atomic E-state index is 0.204. The zero-order chi connectivity index (χ0) is 23.9. The summed E-state index contributed by atoms with van der Waals surface area (Å²) in [6, 6.07) is 20.7. The number of aromatic nitrogens is 2. The van der Waals surface area contributed by atoms with Crippen molar-refractivity contribution in [2.24, 2.45) is 5.10 Å². The summed E-state index contributed by atoms with van der Waals surface area (Å²) in [5.74, 6) is 0.468. The maximum absolute atomic E-state index is 12.6. The molecule has 0 fully saturated rings. The van der Waals surface area contributed by atoms with E-state index in [1.54, 1.807) is 54.6 Å². The van der Waals surface area contributed by atoms with Gasteiger partial charge in [-0.3, -0.25) is 9.59 Å². The first-order valence-corrected chi connectivity index (χ1v) is 10.6. The lowest BCUT2D eigenvalue weighted by atomic mass is 10.2. The second-order valence-electron chi connectivity index (χ2n) is 7.18. The molecule has 0 aliphatic carbocycles. The van der Waals surface area contributed by atoms with Crippen LogP contribution in [0.3, 0.4) is 0 Å². The molecule has 0 aliphatic heterocycles. The van der Waals surface area contributed by atoms with E-state index in [9.17, 15) is 14.4 Å². The van der Waals surface area contributed by atoms with Crippen molar-refractivity contribution in [1.82, 2.24) is 9.66 Å². The molecule has 172 valence electrons. The number of hydrogen-bond donors (Lipinski definition) is 2. The standard InChI is InChI=1S/C25H22N4O5/c1-2-33-22-14-17(12-13-21(22)34-16-23(30)27-18-8-4-3-5-9-18)15-26-29-24(31)19-10-6-7-11-20(19)28-25(29)32/h3-15H,2,16H2,1H3,(H,27,30)(H,28,32). The maximum atomic E-state index is 12.6. The van der Waals surface area contributed by atoms with Gasteiger partial charge in [0.2, 0.25) is 0 Å². The zero-order valence-corrected chi connectivity index (χ0v) is 18.4. The van der Waals surface area contributed by atoms with Crippen LogP contribution in [-0.2, 0) is 4.79 Å². The highest BCUT2D eigenvalue weighted by Crippen LogP contribution is 2.28. The van der Waals surface area contributed by atoms with Crippen LogP contribution >= 0.6 is 0 Å². The smallest absolute Gasteiger partial charge is 0.349 e. The van der Waals surface area contributed by atoms with Gasteiger partial charge in [0.1, 0.15) is 0 Å². The van der Waals surface area contributed by atoms with Gasteiger partial charge in [0, 0.05) is 5.69 Å². The molecule has 0 atom stereocenters. The summed E-state index contributed by atoms with van der Waals surface area (Å²) in [5.41, 5.74) is 0.523. The molecule has 9 heteroatoms. The van der Waals surface area contributed by atoms with Gasteiger partial charge in [-0.05, 0) is 55.0 Å². The van der Waals surface area contributed by atoms with Gasteiger partial charge in [-0.1, -0.05) is 30.3 Å². The molecular formula is C25H22N4O5. The Morgan fingerprint density at radius 3 is 2.56 bits per heavy atom. The Bertz CT molecular complexity index is 1460. The number of carbonyl (C=O) groups is 1. The summed E-state index contributed by atoms with van der Waals surface area (Å²) >= 11 is 0. The summed E-state index contributed by atoms with van der Waals surface area (Å²) in [6.07, 6.45) is 1.37. The Morgan fingerprint density at radius 1 is 1.00 bits per heavy atom. The highest BCUT2D eigenvalue weighted by atomic mass is 16.5. The number of H-pyrrole nitrogens is 1. The first kappa shape index (κ1) is 22.5. The molecule has 3 aromatic carbocycles. The number of ether oxygens (including phenoxy) is 2. The van der Waals surface area contributed by atoms with Crippen LogP contribution in [0.25, 0.3) is 10.9 Å². The second kappa shape index (κ2) is 10.3. The van der Waals surface area contributed by atoms with E-state index < -0.39 is 11.2 Å². The summed E-state index contributed by atoms with van der Waals surface area (Å²) in [5, 5.41) is 7.15. The third-order valence-corrected chi connectivity index (χ3v) is 4.79. The third-order valence-electron chi connectivity index (χ3n) is 4.79. The average molecular weight is 458 g/mol. The Morgan fingerprint density at radius 2 is 1.76 bits per heavy atom. The Labute approximate surface area is 194 Å². The van der Waals surface area contributed by atoms with E-state index in [0.717, 1.165) is 4.68 Å². The average Bonchev–Trinajstić information content (AvgIpc) is 2.84. The van der Waals surface area contributed by atoms with Crippen molar-refractivity contribution in [3.05, 3.63) is 99.2 Å². The lowest BCUT2D eigenvalue weighted by Gasteiger charge is -2.12.